The number of rotatable bonds is 5. The fraction of sp³-hybridized carbons (Fsp3) is 0.333. The van der Waals surface area contributed by atoms with Crippen LogP contribution in [0, 0.1) is 22.6 Å². The molecule has 33 heavy (non-hydrogen) atoms. The fourth-order valence-electron chi connectivity index (χ4n) is 3.57. The summed E-state index contributed by atoms with van der Waals surface area (Å²) in [5.41, 5.74) is 9.76. The molecule has 0 radical (unpaired) electrons. The van der Waals surface area contributed by atoms with Crippen LogP contribution in [-0.2, 0) is 0 Å². The minimum Gasteiger partial charge on any atom is -0.482 e. The van der Waals surface area contributed by atoms with Crippen LogP contribution in [-0.4, -0.2) is 36.0 Å². The maximum absolute atomic E-state index is 14.2. The lowest BCUT2D eigenvalue weighted by Gasteiger charge is -2.24. The van der Waals surface area contributed by atoms with E-state index in [1.807, 2.05) is 0 Å². The van der Waals surface area contributed by atoms with Gasteiger partial charge in [0.2, 0.25) is 0 Å². The molecule has 0 unspecified atom stereocenters. The average Bonchev–Trinajstić information content (AvgIpc) is 2.75. The minimum absolute atomic E-state index is 0.212. The lowest BCUT2D eigenvalue weighted by Crippen LogP contribution is -2.32. The van der Waals surface area contributed by atoms with Crippen molar-refractivity contribution in [2.24, 2.45) is 10.9 Å². The van der Waals surface area contributed by atoms with Crippen LogP contribution in [0.5, 0.6) is 5.75 Å². The van der Waals surface area contributed by atoms with Crippen molar-refractivity contribution in [3.05, 3.63) is 58.5 Å². The van der Waals surface area contributed by atoms with Gasteiger partial charge in [0.15, 0.2) is 11.6 Å². The minimum atomic E-state index is -0.577. The van der Waals surface area contributed by atoms with Crippen LogP contribution < -0.4 is 21.1 Å². The summed E-state index contributed by atoms with van der Waals surface area (Å²) in [4.78, 5) is 8.49. The number of anilines is 1. The summed E-state index contributed by atoms with van der Waals surface area (Å²) in [6.45, 7) is 8.64. The Labute approximate surface area is 193 Å². The number of pyridine rings is 1. The van der Waals surface area contributed by atoms with Gasteiger partial charge in [0.1, 0.15) is 24.1 Å². The van der Waals surface area contributed by atoms with E-state index < -0.39 is 11.9 Å². The summed E-state index contributed by atoms with van der Waals surface area (Å²) in [5.74, 6) is 0.908. The van der Waals surface area contributed by atoms with Gasteiger partial charge in [-0.2, -0.15) is 0 Å². The number of ether oxygens (including phenoxy) is 1. The molecule has 8 nitrogen and oxygen atoms in total. The predicted molar refractivity (Wildman–Crippen MR) is 131 cm³/mol. The van der Waals surface area contributed by atoms with Gasteiger partial charge in [0, 0.05) is 53.0 Å². The summed E-state index contributed by atoms with van der Waals surface area (Å²) < 4.78 is 20.3. The number of benzene rings is 1. The van der Waals surface area contributed by atoms with Gasteiger partial charge < -0.3 is 26.5 Å². The number of hydrogen-bond donors (Lipinski definition) is 5. The van der Waals surface area contributed by atoms with Crippen LogP contribution in [0.3, 0.4) is 0 Å². The number of halogens is 1. The van der Waals surface area contributed by atoms with E-state index in [2.05, 4.69) is 34.5 Å². The van der Waals surface area contributed by atoms with Crippen molar-refractivity contribution in [3.8, 4) is 5.75 Å². The summed E-state index contributed by atoms with van der Waals surface area (Å²) in [6.07, 6.45) is 1.99. The van der Waals surface area contributed by atoms with Gasteiger partial charge in [-0.15, -0.1) is 0 Å². The maximum atomic E-state index is 14.2. The van der Waals surface area contributed by atoms with Gasteiger partial charge in [-0.25, -0.2) is 14.4 Å². The number of aliphatic imine (C=N–C) groups is 1. The molecule has 0 saturated heterocycles. The van der Waals surface area contributed by atoms with Gasteiger partial charge in [-0.05, 0) is 44.0 Å². The van der Waals surface area contributed by atoms with Crippen molar-refractivity contribution in [1.82, 2.24) is 15.6 Å². The Morgan fingerprint density at radius 3 is 2.85 bits per heavy atom. The molecule has 9 heteroatoms. The molecule has 0 fully saturated rings. The molecule has 1 aliphatic rings. The standard InChI is InChI=1S/C24H30FN7O/c1-13(2)9-29-22-16-7-21(23(28)30-10-16)33-15(4)19-8-17(25)5-6-18(19)24(32-12-26)31-11-20(22)14(3)27/h5-8,10,12-13,15,27,29H,9,11H2,1-4H3,(H2,28,30)(H2,26,31,32)/b22-20-,27-14?/t15-/m1/s1. The highest BCUT2D eigenvalue weighted by molar-refractivity contribution is 6.06. The third-order valence-electron chi connectivity index (χ3n) is 5.25. The Morgan fingerprint density at radius 2 is 2.18 bits per heavy atom. The van der Waals surface area contributed by atoms with Crippen molar-refractivity contribution >= 4 is 29.4 Å². The summed E-state index contributed by atoms with van der Waals surface area (Å²) >= 11 is 0. The van der Waals surface area contributed by atoms with Crippen molar-refractivity contribution in [2.75, 3.05) is 18.8 Å². The largest absolute Gasteiger partial charge is 0.482 e. The number of hydrogen-bond acceptors (Lipinski definition) is 6. The monoisotopic (exact) mass is 451 g/mol. The third kappa shape index (κ3) is 5.54. The van der Waals surface area contributed by atoms with E-state index in [0.29, 0.717) is 46.5 Å². The van der Waals surface area contributed by atoms with Gasteiger partial charge in [-0.3, -0.25) is 5.41 Å². The molecule has 6 N–H and O–H groups in total. The number of nitrogens with one attached hydrogen (secondary N) is 4. The number of fused-ring (bicyclic) bond motifs is 3. The Bertz CT molecular complexity index is 1120. The van der Waals surface area contributed by atoms with Crippen molar-refractivity contribution in [1.29, 1.82) is 10.8 Å². The Kier molecular flexibility index (Phi) is 7.42. The molecular formula is C24H30FN7O. The SMILES string of the molecule is CC(=N)/C1=C(\NCC(C)C)c2cnc(N)c(c2)O[C@H](C)c2cc(F)ccc2/C(=N/C=N)NC1. The van der Waals surface area contributed by atoms with Crippen LogP contribution in [0.2, 0.25) is 0 Å². The highest BCUT2D eigenvalue weighted by atomic mass is 19.1. The second kappa shape index (κ2) is 10.2. The first-order valence-electron chi connectivity index (χ1n) is 10.8. The molecular weight excluding hydrogens is 421 g/mol. The van der Waals surface area contributed by atoms with Gasteiger partial charge in [0.05, 0.1) is 0 Å². The van der Waals surface area contributed by atoms with E-state index in [4.69, 9.17) is 21.3 Å². The molecule has 0 amide bonds. The van der Waals surface area contributed by atoms with E-state index in [-0.39, 0.29) is 12.4 Å². The molecule has 0 spiro atoms. The summed E-state index contributed by atoms with van der Waals surface area (Å²) in [6, 6.07) is 6.11. The number of nitrogen functional groups attached to an aromatic ring is 1. The van der Waals surface area contributed by atoms with Crippen molar-refractivity contribution < 1.29 is 9.13 Å². The third-order valence-corrected chi connectivity index (χ3v) is 5.25. The highest BCUT2D eigenvalue weighted by Crippen LogP contribution is 2.31. The molecule has 1 aliphatic heterocycles. The zero-order chi connectivity index (χ0) is 24.1. The van der Waals surface area contributed by atoms with Crippen molar-refractivity contribution in [2.45, 2.75) is 33.8 Å². The summed E-state index contributed by atoms with van der Waals surface area (Å²) in [7, 11) is 0. The predicted octanol–water partition coefficient (Wildman–Crippen LogP) is 3.90. The van der Waals surface area contributed by atoms with E-state index in [9.17, 15) is 4.39 Å². The number of amidine groups is 1. The number of nitrogens with two attached hydrogens (primary N) is 1. The molecule has 2 heterocycles. The van der Waals surface area contributed by atoms with E-state index in [1.54, 1.807) is 32.2 Å². The molecule has 1 atom stereocenters. The van der Waals surface area contributed by atoms with E-state index in [1.165, 1.54) is 12.1 Å². The van der Waals surface area contributed by atoms with Gasteiger partial charge >= 0.3 is 0 Å². The smallest absolute Gasteiger partial charge is 0.166 e. The number of nitrogens with zero attached hydrogens (tertiary/aromatic N) is 2. The van der Waals surface area contributed by atoms with Crippen LogP contribution in [0.1, 0.15) is 50.5 Å². The van der Waals surface area contributed by atoms with E-state index in [0.717, 1.165) is 17.6 Å². The molecule has 0 saturated carbocycles. The average molecular weight is 452 g/mol. The van der Waals surface area contributed by atoms with Gasteiger partial charge in [0.25, 0.3) is 0 Å². The van der Waals surface area contributed by atoms with Crippen LogP contribution in [0.25, 0.3) is 5.70 Å². The fourth-order valence-corrected chi connectivity index (χ4v) is 3.57. The topological polar surface area (TPSA) is 132 Å². The first-order chi connectivity index (χ1) is 15.7. The number of aromatic nitrogens is 1. The zero-order valence-corrected chi connectivity index (χ0v) is 19.3. The Balaban J connectivity index is 2.26. The van der Waals surface area contributed by atoms with Crippen LogP contribution in [0.15, 0.2) is 41.0 Å². The second-order valence-electron chi connectivity index (χ2n) is 8.31. The van der Waals surface area contributed by atoms with Crippen LogP contribution in [0.4, 0.5) is 10.2 Å². The maximum Gasteiger partial charge on any atom is 0.166 e. The molecule has 1 aromatic heterocycles. The molecule has 2 aromatic rings. The lowest BCUT2D eigenvalue weighted by atomic mass is 9.99. The molecule has 0 aliphatic carbocycles. The lowest BCUT2D eigenvalue weighted by molar-refractivity contribution is 0.227. The molecule has 2 bridgehead atoms. The second-order valence-corrected chi connectivity index (χ2v) is 8.31. The van der Waals surface area contributed by atoms with Crippen molar-refractivity contribution in [3.63, 3.8) is 0 Å². The quantitative estimate of drug-likeness (QED) is 0.347. The Morgan fingerprint density at radius 1 is 1.42 bits per heavy atom. The van der Waals surface area contributed by atoms with Gasteiger partial charge in [-0.1, -0.05) is 13.8 Å². The van der Waals surface area contributed by atoms with E-state index >= 15 is 0 Å². The van der Waals surface area contributed by atoms with Crippen LogP contribution >= 0.6 is 0 Å². The first-order valence-corrected chi connectivity index (χ1v) is 10.8. The molecule has 3 rings (SSSR count). The zero-order valence-electron chi connectivity index (χ0n) is 19.3. The summed E-state index contributed by atoms with van der Waals surface area (Å²) in [5, 5.41) is 22.6. The first kappa shape index (κ1) is 23.9. The normalized spacial score (nSPS) is 19.6. The highest BCUT2D eigenvalue weighted by Gasteiger charge is 2.22. The molecule has 1 aromatic carbocycles. The molecule has 174 valence electrons. The Hall–Kier alpha value is -3.75.